The minimum Gasteiger partial charge on any atom is -0.466 e. The number of hydrogen-bond donors (Lipinski definition) is 0. The average Bonchev–Trinajstić information content (AvgIpc) is 2.72. The second kappa shape index (κ2) is 4.56. The fourth-order valence-electron chi connectivity index (χ4n) is 3.36. The summed E-state index contributed by atoms with van der Waals surface area (Å²) in [6.07, 6.45) is 6.58. The second-order valence-corrected chi connectivity index (χ2v) is 5.12. The molecule has 1 atom stereocenters. The number of ketones is 1. The van der Waals surface area contributed by atoms with E-state index in [1.54, 1.807) is 0 Å². The van der Waals surface area contributed by atoms with E-state index in [-0.39, 0.29) is 23.1 Å². The third-order valence-electron chi connectivity index (χ3n) is 4.24. The van der Waals surface area contributed by atoms with Gasteiger partial charge in [-0.05, 0) is 31.6 Å². The molecule has 2 saturated carbocycles. The van der Waals surface area contributed by atoms with E-state index in [2.05, 4.69) is 0 Å². The first-order chi connectivity index (χ1) is 7.68. The zero-order valence-electron chi connectivity index (χ0n) is 9.96. The molecule has 3 heteroatoms. The van der Waals surface area contributed by atoms with Crippen molar-refractivity contribution in [3.05, 3.63) is 0 Å². The molecule has 2 aliphatic rings. The molecule has 0 amide bonds. The van der Waals surface area contributed by atoms with Gasteiger partial charge in [-0.25, -0.2) is 0 Å². The predicted octanol–water partition coefficient (Wildman–Crippen LogP) is 2.48. The van der Waals surface area contributed by atoms with Crippen LogP contribution in [0.15, 0.2) is 0 Å². The van der Waals surface area contributed by atoms with Gasteiger partial charge in [-0.1, -0.05) is 12.8 Å². The first-order valence-electron chi connectivity index (χ1n) is 6.36. The molecule has 90 valence electrons. The van der Waals surface area contributed by atoms with Crippen LogP contribution in [0.5, 0.6) is 0 Å². The molecule has 1 unspecified atom stereocenters. The van der Waals surface area contributed by atoms with Crippen molar-refractivity contribution in [2.45, 2.75) is 51.9 Å². The van der Waals surface area contributed by atoms with Gasteiger partial charge in [0.15, 0.2) is 0 Å². The normalized spacial score (nSPS) is 28.3. The Bertz CT molecular complexity index is 290. The van der Waals surface area contributed by atoms with Crippen LogP contribution in [0, 0.1) is 11.3 Å². The van der Waals surface area contributed by atoms with E-state index in [9.17, 15) is 9.59 Å². The maximum absolute atomic E-state index is 11.9. The van der Waals surface area contributed by atoms with Crippen molar-refractivity contribution in [3.63, 3.8) is 0 Å². The fourth-order valence-corrected chi connectivity index (χ4v) is 3.36. The summed E-state index contributed by atoms with van der Waals surface area (Å²) in [7, 11) is 0. The lowest BCUT2D eigenvalue weighted by Gasteiger charge is -2.39. The lowest BCUT2D eigenvalue weighted by atomic mass is 9.65. The molecule has 0 heterocycles. The highest BCUT2D eigenvalue weighted by Gasteiger charge is 2.48. The van der Waals surface area contributed by atoms with Gasteiger partial charge in [0.1, 0.15) is 5.78 Å². The fraction of sp³-hybridized carbons (Fsp3) is 0.846. The van der Waals surface area contributed by atoms with Crippen LogP contribution in [0.4, 0.5) is 0 Å². The Kier molecular flexibility index (Phi) is 3.31. The van der Waals surface area contributed by atoms with Gasteiger partial charge in [0, 0.05) is 12.8 Å². The number of hydrogen-bond acceptors (Lipinski definition) is 3. The zero-order valence-corrected chi connectivity index (χ0v) is 9.96. The Morgan fingerprint density at radius 3 is 2.69 bits per heavy atom. The number of Topliss-reactive ketones (excluding diaryl/α,β-unsaturated/α-hetero) is 1. The van der Waals surface area contributed by atoms with Crippen molar-refractivity contribution < 1.29 is 14.3 Å². The van der Waals surface area contributed by atoms with Gasteiger partial charge in [-0.15, -0.1) is 0 Å². The molecule has 0 N–H and O–H groups in total. The van der Waals surface area contributed by atoms with Crippen LogP contribution in [0.3, 0.4) is 0 Å². The van der Waals surface area contributed by atoms with E-state index >= 15 is 0 Å². The molecule has 0 aromatic heterocycles. The molecule has 16 heavy (non-hydrogen) atoms. The van der Waals surface area contributed by atoms with Crippen LogP contribution >= 0.6 is 0 Å². The highest BCUT2D eigenvalue weighted by molar-refractivity contribution is 5.86. The number of ether oxygens (including phenoxy) is 1. The smallest absolute Gasteiger partial charge is 0.309 e. The standard InChI is InChI=1S/C13H20O3/c1-2-16-12(15)11-9-10(14)5-8-13(11)6-3-4-7-13/h11H,2-9H2,1H3. The van der Waals surface area contributed by atoms with Gasteiger partial charge in [0.25, 0.3) is 0 Å². The van der Waals surface area contributed by atoms with E-state index in [0.29, 0.717) is 19.4 Å². The maximum atomic E-state index is 11.9. The molecule has 0 aromatic rings. The highest BCUT2D eigenvalue weighted by Crippen LogP contribution is 2.52. The second-order valence-electron chi connectivity index (χ2n) is 5.12. The third kappa shape index (κ3) is 2.00. The minimum atomic E-state index is -0.156. The maximum Gasteiger partial charge on any atom is 0.309 e. The molecule has 3 nitrogen and oxygen atoms in total. The van der Waals surface area contributed by atoms with E-state index in [4.69, 9.17) is 4.74 Å². The Morgan fingerprint density at radius 1 is 1.38 bits per heavy atom. The molecule has 0 saturated heterocycles. The number of carbonyl (C=O) groups is 2. The van der Waals surface area contributed by atoms with E-state index < -0.39 is 0 Å². The van der Waals surface area contributed by atoms with Gasteiger partial charge >= 0.3 is 5.97 Å². The van der Waals surface area contributed by atoms with Gasteiger partial charge in [-0.3, -0.25) is 9.59 Å². The zero-order chi connectivity index (χ0) is 11.6. The van der Waals surface area contributed by atoms with E-state index in [1.165, 1.54) is 12.8 Å². The molecule has 1 spiro atoms. The lowest BCUT2D eigenvalue weighted by molar-refractivity contribution is -0.157. The first-order valence-corrected chi connectivity index (χ1v) is 6.36. The van der Waals surface area contributed by atoms with Crippen molar-refractivity contribution >= 4 is 11.8 Å². The summed E-state index contributed by atoms with van der Waals surface area (Å²) in [6, 6.07) is 0. The van der Waals surface area contributed by atoms with E-state index in [1.807, 2.05) is 6.92 Å². The SMILES string of the molecule is CCOC(=O)C1CC(=O)CCC12CCCC2. The molecule has 0 radical (unpaired) electrons. The van der Waals surface area contributed by atoms with E-state index in [0.717, 1.165) is 19.3 Å². The van der Waals surface area contributed by atoms with Gasteiger partial charge in [-0.2, -0.15) is 0 Å². The molecular weight excluding hydrogens is 204 g/mol. The molecular formula is C13H20O3. The first kappa shape index (κ1) is 11.6. The Balaban J connectivity index is 2.15. The van der Waals surface area contributed by atoms with Crippen LogP contribution < -0.4 is 0 Å². The third-order valence-corrected chi connectivity index (χ3v) is 4.24. The number of rotatable bonds is 2. The molecule has 2 fully saturated rings. The summed E-state index contributed by atoms with van der Waals surface area (Å²) in [5.74, 6) is -0.0655. The molecule has 2 rings (SSSR count). The monoisotopic (exact) mass is 224 g/mol. The minimum absolute atomic E-state index is 0.0974. The molecule has 0 aliphatic heterocycles. The van der Waals surface area contributed by atoms with Crippen molar-refractivity contribution in [1.29, 1.82) is 0 Å². The Morgan fingerprint density at radius 2 is 2.06 bits per heavy atom. The van der Waals surface area contributed by atoms with Gasteiger partial charge in [0.05, 0.1) is 12.5 Å². The molecule has 2 aliphatic carbocycles. The summed E-state index contributed by atoms with van der Waals surface area (Å²) >= 11 is 0. The number of carbonyl (C=O) groups excluding carboxylic acids is 2. The van der Waals surface area contributed by atoms with Gasteiger partial charge in [0.2, 0.25) is 0 Å². The Labute approximate surface area is 96.5 Å². The number of esters is 1. The summed E-state index contributed by atoms with van der Waals surface area (Å²) < 4.78 is 5.13. The quantitative estimate of drug-likeness (QED) is 0.677. The van der Waals surface area contributed by atoms with Crippen molar-refractivity contribution in [3.8, 4) is 0 Å². The lowest BCUT2D eigenvalue weighted by Crippen LogP contribution is -2.40. The topological polar surface area (TPSA) is 43.4 Å². The van der Waals surface area contributed by atoms with Crippen LogP contribution in [0.2, 0.25) is 0 Å². The summed E-state index contributed by atoms with van der Waals surface area (Å²) in [5.41, 5.74) is 0.0974. The van der Waals surface area contributed by atoms with Crippen LogP contribution in [0.25, 0.3) is 0 Å². The summed E-state index contributed by atoms with van der Waals surface area (Å²) in [4.78, 5) is 23.4. The largest absolute Gasteiger partial charge is 0.466 e. The highest BCUT2D eigenvalue weighted by atomic mass is 16.5. The van der Waals surface area contributed by atoms with Crippen molar-refractivity contribution in [1.82, 2.24) is 0 Å². The van der Waals surface area contributed by atoms with Crippen LogP contribution in [-0.4, -0.2) is 18.4 Å². The van der Waals surface area contributed by atoms with Crippen molar-refractivity contribution in [2.24, 2.45) is 11.3 Å². The Hall–Kier alpha value is -0.860. The summed E-state index contributed by atoms with van der Waals surface area (Å²) in [5, 5.41) is 0. The molecule has 0 aromatic carbocycles. The predicted molar refractivity (Wildman–Crippen MR) is 59.9 cm³/mol. The van der Waals surface area contributed by atoms with Crippen molar-refractivity contribution in [2.75, 3.05) is 6.61 Å². The summed E-state index contributed by atoms with van der Waals surface area (Å²) in [6.45, 7) is 2.24. The average molecular weight is 224 g/mol. The molecule has 0 bridgehead atoms. The van der Waals surface area contributed by atoms with Gasteiger partial charge < -0.3 is 4.74 Å². The van der Waals surface area contributed by atoms with Crippen LogP contribution in [0.1, 0.15) is 51.9 Å². The van der Waals surface area contributed by atoms with Crippen LogP contribution in [-0.2, 0) is 14.3 Å².